The van der Waals surface area contributed by atoms with Gasteiger partial charge < -0.3 is 11.1 Å². The summed E-state index contributed by atoms with van der Waals surface area (Å²) in [5, 5.41) is 3.59. The highest BCUT2D eigenvalue weighted by Crippen LogP contribution is 2.24. The number of amides is 1. The first-order valence-corrected chi connectivity index (χ1v) is 6.52. The monoisotopic (exact) mass is 278 g/mol. The quantitative estimate of drug-likeness (QED) is 0.706. The molecule has 1 aromatic carbocycles. The summed E-state index contributed by atoms with van der Waals surface area (Å²) in [7, 11) is 0. The van der Waals surface area contributed by atoms with E-state index in [2.05, 4.69) is 15.3 Å². The molecule has 0 atom stereocenters. The van der Waals surface area contributed by atoms with Crippen LogP contribution in [-0.4, -0.2) is 15.9 Å². The number of hydrogen-bond donors (Lipinski definition) is 2. The smallest absolute Gasteiger partial charge is 0.256 e. The molecule has 2 heterocycles. The van der Waals surface area contributed by atoms with Crippen LogP contribution in [0, 0.1) is 6.92 Å². The van der Waals surface area contributed by atoms with Gasteiger partial charge in [0.15, 0.2) is 0 Å². The molecule has 104 valence electrons. The number of nitrogen functional groups attached to an aromatic ring is 1. The zero-order valence-electron chi connectivity index (χ0n) is 11.5. The average molecular weight is 278 g/mol. The summed E-state index contributed by atoms with van der Waals surface area (Å²) in [6.07, 6.45) is 3.26. The summed E-state index contributed by atoms with van der Waals surface area (Å²) < 4.78 is 0. The van der Waals surface area contributed by atoms with Crippen molar-refractivity contribution in [3.05, 3.63) is 60.0 Å². The molecule has 0 aliphatic heterocycles. The van der Waals surface area contributed by atoms with E-state index >= 15 is 0 Å². The zero-order chi connectivity index (χ0) is 14.8. The predicted octanol–water partition coefficient (Wildman–Crippen LogP) is 2.77. The second kappa shape index (κ2) is 5.20. The Labute approximate surface area is 121 Å². The van der Waals surface area contributed by atoms with Gasteiger partial charge in [-0.2, -0.15) is 0 Å². The summed E-state index contributed by atoms with van der Waals surface area (Å²) in [5.41, 5.74) is 9.16. The second-order valence-electron chi connectivity index (χ2n) is 4.74. The van der Waals surface area contributed by atoms with Crippen LogP contribution in [0.2, 0.25) is 0 Å². The average Bonchev–Trinajstić information content (AvgIpc) is 2.48. The Balaban J connectivity index is 2.07. The molecule has 5 nitrogen and oxygen atoms in total. The molecular weight excluding hydrogens is 264 g/mol. The van der Waals surface area contributed by atoms with Crippen LogP contribution in [0.25, 0.3) is 10.9 Å². The van der Waals surface area contributed by atoms with Crippen molar-refractivity contribution in [1.29, 1.82) is 0 Å². The van der Waals surface area contributed by atoms with Gasteiger partial charge in [-0.25, -0.2) is 0 Å². The van der Waals surface area contributed by atoms with E-state index in [0.717, 1.165) is 11.1 Å². The van der Waals surface area contributed by atoms with Gasteiger partial charge in [0.1, 0.15) is 0 Å². The van der Waals surface area contributed by atoms with Crippen molar-refractivity contribution < 1.29 is 4.79 Å². The van der Waals surface area contributed by atoms with Gasteiger partial charge in [0.05, 0.1) is 16.8 Å². The minimum atomic E-state index is -0.192. The third-order valence-corrected chi connectivity index (χ3v) is 3.18. The highest BCUT2D eigenvalue weighted by Gasteiger charge is 2.13. The molecule has 0 bridgehead atoms. The van der Waals surface area contributed by atoms with Crippen LogP contribution in [0.1, 0.15) is 16.1 Å². The first-order chi connectivity index (χ1) is 10.1. The molecule has 1 amide bonds. The van der Waals surface area contributed by atoms with Crippen molar-refractivity contribution in [1.82, 2.24) is 9.97 Å². The molecule has 0 aliphatic carbocycles. The van der Waals surface area contributed by atoms with Crippen LogP contribution in [0.5, 0.6) is 0 Å². The van der Waals surface area contributed by atoms with Crippen molar-refractivity contribution in [2.75, 3.05) is 11.1 Å². The first-order valence-electron chi connectivity index (χ1n) is 6.52. The number of carbonyl (C=O) groups excluding carboxylic acids is 1. The number of nitrogens with zero attached hydrogens (tertiary/aromatic N) is 2. The van der Waals surface area contributed by atoms with Crippen LogP contribution in [0.4, 0.5) is 11.4 Å². The van der Waals surface area contributed by atoms with E-state index in [0.29, 0.717) is 22.5 Å². The number of rotatable bonds is 2. The van der Waals surface area contributed by atoms with E-state index in [1.807, 2.05) is 19.1 Å². The largest absolute Gasteiger partial charge is 0.397 e. The number of fused-ring (bicyclic) bond motifs is 1. The minimum Gasteiger partial charge on any atom is -0.397 e. The summed E-state index contributed by atoms with van der Waals surface area (Å²) in [5.74, 6) is -0.192. The molecule has 0 saturated heterocycles. The lowest BCUT2D eigenvalue weighted by Gasteiger charge is -2.10. The van der Waals surface area contributed by atoms with Crippen molar-refractivity contribution in [3.63, 3.8) is 0 Å². The Hall–Kier alpha value is -2.95. The molecule has 3 rings (SSSR count). The van der Waals surface area contributed by atoms with Crippen molar-refractivity contribution >= 4 is 28.2 Å². The Kier molecular flexibility index (Phi) is 3.23. The van der Waals surface area contributed by atoms with E-state index in [-0.39, 0.29) is 5.91 Å². The maximum absolute atomic E-state index is 12.5. The third kappa shape index (κ3) is 2.53. The lowest BCUT2D eigenvalue weighted by molar-refractivity contribution is 0.102. The molecule has 3 aromatic rings. The molecule has 0 fully saturated rings. The molecule has 0 aliphatic rings. The van der Waals surface area contributed by atoms with Crippen molar-refractivity contribution in [2.45, 2.75) is 6.92 Å². The summed E-state index contributed by atoms with van der Waals surface area (Å²) in [6.45, 7) is 1.84. The van der Waals surface area contributed by atoms with Crippen LogP contribution < -0.4 is 11.1 Å². The van der Waals surface area contributed by atoms with Gasteiger partial charge >= 0.3 is 0 Å². The molecule has 2 aromatic heterocycles. The summed E-state index contributed by atoms with van der Waals surface area (Å²) >= 11 is 0. The van der Waals surface area contributed by atoms with E-state index < -0.39 is 0 Å². The Bertz CT molecular complexity index is 815. The number of aromatic nitrogens is 2. The number of hydrogen-bond acceptors (Lipinski definition) is 4. The maximum Gasteiger partial charge on any atom is 0.256 e. The maximum atomic E-state index is 12.5. The number of nitrogens with two attached hydrogens (primary N) is 1. The number of para-hydroxylation sites is 1. The van der Waals surface area contributed by atoms with Crippen LogP contribution in [0.15, 0.2) is 48.8 Å². The Morgan fingerprint density at radius 2 is 1.95 bits per heavy atom. The number of anilines is 2. The summed E-state index contributed by atoms with van der Waals surface area (Å²) in [6, 6.07) is 10.7. The molecule has 0 unspecified atom stereocenters. The van der Waals surface area contributed by atoms with Crippen molar-refractivity contribution in [3.8, 4) is 0 Å². The van der Waals surface area contributed by atoms with E-state index in [1.165, 1.54) is 0 Å². The lowest BCUT2D eigenvalue weighted by atomic mass is 10.1. The van der Waals surface area contributed by atoms with Crippen molar-refractivity contribution in [2.24, 2.45) is 0 Å². The van der Waals surface area contributed by atoms with Gasteiger partial charge in [-0.05, 0) is 31.2 Å². The number of aryl methyl sites for hydroxylation is 1. The van der Waals surface area contributed by atoms with Gasteiger partial charge in [0.25, 0.3) is 5.91 Å². The Morgan fingerprint density at radius 1 is 1.19 bits per heavy atom. The lowest BCUT2D eigenvalue weighted by Crippen LogP contribution is -2.13. The van der Waals surface area contributed by atoms with Gasteiger partial charge in [-0.1, -0.05) is 12.1 Å². The van der Waals surface area contributed by atoms with E-state index in [1.54, 1.807) is 36.7 Å². The summed E-state index contributed by atoms with van der Waals surface area (Å²) in [4.78, 5) is 20.8. The number of pyridine rings is 2. The molecule has 5 heteroatoms. The molecule has 0 radical (unpaired) electrons. The van der Waals surface area contributed by atoms with Gasteiger partial charge in [-0.15, -0.1) is 0 Å². The number of carbonyl (C=O) groups is 1. The normalized spacial score (nSPS) is 10.5. The van der Waals surface area contributed by atoms with Gasteiger partial charge in [0, 0.05) is 29.2 Å². The highest BCUT2D eigenvalue weighted by molar-refractivity contribution is 6.13. The van der Waals surface area contributed by atoms with Gasteiger partial charge in [0.2, 0.25) is 0 Å². The molecule has 21 heavy (non-hydrogen) atoms. The fourth-order valence-corrected chi connectivity index (χ4v) is 2.22. The van der Waals surface area contributed by atoms with Gasteiger partial charge in [-0.3, -0.25) is 14.8 Å². The Morgan fingerprint density at radius 3 is 2.71 bits per heavy atom. The van der Waals surface area contributed by atoms with Crippen LogP contribution >= 0.6 is 0 Å². The number of benzene rings is 1. The third-order valence-electron chi connectivity index (χ3n) is 3.18. The van der Waals surface area contributed by atoms with Crippen LogP contribution in [0.3, 0.4) is 0 Å². The molecular formula is C16H14N4O. The van der Waals surface area contributed by atoms with E-state index in [9.17, 15) is 4.79 Å². The first kappa shape index (κ1) is 13.1. The second-order valence-corrected chi connectivity index (χ2v) is 4.74. The van der Waals surface area contributed by atoms with Crippen LogP contribution in [-0.2, 0) is 0 Å². The molecule has 0 saturated carbocycles. The zero-order valence-corrected chi connectivity index (χ0v) is 11.5. The topological polar surface area (TPSA) is 80.9 Å². The fraction of sp³-hybridized carbons (Fsp3) is 0.0625. The number of nitrogens with one attached hydrogen (secondary N) is 1. The standard InChI is InChI=1S/C16H14N4O/c1-10-9-13(12-3-2-4-14(17)15(12)19-10)16(21)20-11-5-7-18-8-6-11/h2-9H,17H2,1H3,(H,18,20,21). The highest BCUT2D eigenvalue weighted by atomic mass is 16.1. The molecule has 0 spiro atoms. The SMILES string of the molecule is Cc1cc(C(=O)Nc2ccncc2)c2cccc(N)c2n1. The predicted molar refractivity (Wildman–Crippen MR) is 83.1 cm³/mol. The fourth-order valence-electron chi connectivity index (χ4n) is 2.22. The van der Waals surface area contributed by atoms with E-state index in [4.69, 9.17) is 5.73 Å². The molecule has 3 N–H and O–H groups in total. The minimum absolute atomic E-state index is 0.192.